The van der Waals surface area contributed by atoms with Gasteiger partial charge in [0.2, 0.25) is 5.95 Å². The minimum absolute atomic E-state index is 0.0467. The van der Waals surface area contributed by atoms with Gasteiger partial charge in [-0.15, -0.1) is 0 Å². The monoisotopic (exact) mass is 360 g/mol. The first-order valence-corrected chi connectivity index (χ1v) is 9.06. The second-order valence-corrected chi connectivity index (χ2v) is 6.63. The van der Waals surface area contributed by atoms with E-state index in [-0.39, 0.29) is 12.2 Å². The van der Waals surface area contributed by atoms with Crippen LogP contribution in [0.25, 0.3) is 5.95 Å². The van der Waals surface area contributed by atoms with E-state index < -0.39 is 0 Å². The summed E-state index contributed by atoms with van der Waals surface area (Å²) in [6.45, 7) is 4.20. The number of aromatic nitrogens is 4. The Bertz CT molecular complexity index is 982. The highest BCUT2D eigenvalue weighted by Gasteiger charge is 2.44. The Morgan fingerprint density at radius 1 is 1.15 bits per heavy atom. The number of amidine groups is 1. The summed E-state index contributed by atoms with van der Waals surface area (Å²) in [7, 11) is 0. The highest BCUT2D eigenvalue weighted by atomic mass is 15.6. The fourth-order valence-corrected chi connectivity index (χ4v) is 3.87. The first-order valence-electron chi connectivity index (χ1n) is 9.06. The summed E-state index contributed by atoms with van der Waals surface area (Å²) in [6.07, 6.45) is 8.15. The van der Waals surface area contributed by atoms with Gasteiger partial charge < -0.3 is 4.90 Å². The summed E-state index contributed by atoms with van der Waals surface area (Å²) in [5.74, 6) is 2.40. The number of hydrogen-bond acceptors (Lipinski definition) is 7. The van der Waals surface area contributed by atoms with E-state index in [9.17, 15) is 0 Å². The quantitative estimate of drug-likeness (QED) is 0.774. The molecule has 2 unspecified atom stereocenters. The molecule has 0 amide bonds. The molecule has 2 atom stereocenters. The summed E-state index contributed by atoms with van der Waals surface area (Å²) < 4.78 is 1.82. The summed E-state index contributed by atoms with van der Waals surface area (Å²) in [5, 5.41) is 4.47. The van der Waals surface area contributed by atoms with Gasteiger partial charge in [0.05, 0.1) is 12.2 Å². The predicted molar refractivity (Wildman–Crippen MR) is 104 cm³/mol. The number of fused-ring (bicyclic) bond motifs is 3. The normalized spacial score (nSPS) is 20.7. The van der Waals surface area contributed by atoms with E-state index in [2.05, 4.69) is 61.5 Å². The van der Waals surface area contributed by atoms with Gasteiger partial charge in [0.1, 0.15) is 24.0 Å². The van der Waals surface area contributed by atoms with Crippen molar-refractivity contribution in [3.05, 3.63) is 55.2 Å². The maximum atomic E-state index is 4.92. The predicted octanol–water partition coefficient (Wildman–Crippen LogP) is 2.66. The van der Waals surface area contributed by atoms with Crippen LogP contribution in [0.1, 0.15) is 20.3 Å². The molecule has 2 aliphatic heterocycles. The Hall–Kier alpha value is -3.42. The molecule has 5 rings (SSSR count). The topological polar surface area (TPSA) is 74.5 Å². The maximum Gasteiger partial charge on any atom is 0.236 e. The molecule has 2 aromatic heterocycles. The van der Waals surface area contributed by atoms with Crippen LogP contribution in [0.15, 0.2) is 60.4 Å². The number of nitrogens with one attached hydrogen (secondary N) is 1. The Morgan fingerprint density at radius 3 is 2.74 bits per heavy atom. The van der Waals surface area contributed by atoms with Crippen molar-refractivity contribution in [2.45, 2.75) is 32.5 Å². The molecule has 2 aliphatic rings. The van der Waals surface area contributed by atoms with Gasteiger partial charge in [-0.3, -0.25) is 14.9 Å². The van der Waals surface area contributed by atoms with E-state index in [0.29, 0.717) is 5.95 Å². The van der Waals surface area contributed by atoms with Crippen LogP contribution in [0.4, 0.5) is 17.2 Å². The largest absolute Gasteiger partial charge is 0.317 e. The zero-order valence-corrected chi connectivity index (χ0v) is 15.2. The van der Waals surface area contributed by atoms with E-state index in [0.717, 1.165) is 29.4 Å². The van der Waals surface area contributed by atoms with Crippen molar-refractivity contribution in [3.63, 3.8) is 0 Å². The number of anilines is 3. The summed E-state index contributed by atoms with van der Waals surface area (Å²) in [5.41, 5.74) is 5.35. The van der Waals surface area contributed by atoms with E-state index in [1.165, 1.54) is 0 Å². The van der Waals surface area contributed by atoms with Crippen molar-refractivity contribution in [1.29, 1.82) is 0 Å². The van der Waals surface area contributed by atoms with Gasteiger partial charge in [-0.25, -0.2) is 9.97 Å². The van der Waals surface area contributed by atoms with Gasteiger partial charge in [0.15, 0.2) is 5.82 Å². The van der Waals surface area contributed by atoms with Gasteiger partial charge >= 0.3 is 0 Å². The standard InChI is InChI=1S/C19H20N8/c1-3-15-18-24-23-13(2)26(18)16-11-21-19(25-10-9-20-12-25)22-17(16)27(15)14-7-5-4-6-8-14/h4-12,15,18,24H,3H2,1-2H3. The molecule has 136 valence electrons. The molecule has 0 aliphatic carbocycles. The highest BCUT2D eigenvalue weighted by molar-refractivity contribution is 6.02. The molecule has 0 fully saturated rings. The number of imidazole rings is 1. The smallest absolute Gasteiger partial charge is 0.236 e. The Morgan fingerprint density at radius 2 is 2.00 bits per heavy atom. The van der Waals surface area contributed by atoms with Crippen molar-refractivity contribution in [3.8, 4) is 5.95 Å². The molecule has 0 bridgehead atoms. The lowest BCUT2D eigenvalue weighted by molar-refractivity contribution is 0.442. The third-order valence-electron chi connectivity index (χ3n) is 5.09. The average molecular weight is 360 g/mol. The molecule has 0 saturated carbocycles. The minimum atomic E-state index is 0.0467. The van der Waals surface area contributed by atoms with Gasteiger partial charge in [-0.2, -0.15) is 10.1 Å². The fourth-order valence-electron chi connectivity index (χ4n) is 3.87. The number of benzene rings is 1. The molecular weight excluding hydrogens is 340 g/mol. The summed E-state index contributed by atoms with van der Waals surface area (Å²) in [4.78, 5) is 18.1. The van der Waals surface area contributed by atoms with Crippen LogP contribution in [-0.2, 0) is 0 Å². The zero-order valence-electron chi connectivity index (χ0n) is 15.2. The fraction of sp³-hybridized carbons (Fsp3) is 0.263. The number of hydrazone groups is 1. The number of para-hydroxylation sites is 1. The third kappa shape index (κ3) is 2.37. The van der Waals surface area contributed by atoms with E-state index in [1.54, 1.807) is 12.5 Å². The molecule has 0 spiro atoms. The van der Waals surface area contributed by atoms with Crippen LogP contribution in [-0.4, -0.2) is 37.6 Å². The molecule has 1 aromatic carbocycles. The van der Waals surface area contributed by atoms with Crippen LogP contribution < -0.4 is 15.2 Å². The van der Waals surface area contributed by atoms with E-state index >= 15 is 0 Å². The Kier molecular flexibility index (Phi) is 3.56. The van der Waals surface area contributed by atoms with Gasteiger partial charge in [-0.1, -0.05) is 25.1 Å². The van der Waals surface area contributed by atoms with Crippen LogP contribution in [0.5, 0.6) is 0 Å². The molecule has 4 heterocycles. The average Bonchev–Trinajstić information content (AvgIpc) is 3.37. The Balaban J connectivity index is 1.73. The van der Waals surface area contributed by atoms with Gasteiger partial charge in [-0.05, 0) is 25.5 Å². The van der Waals surface area contributed by atoms with E-state index in [4.69, 9.17) is 4.98 Å². The SMILES string of the molecule is CCC1C2NN=C(C)N2c2cnc(-n3ccnc3)nc2N1c1ccccc1. The zero-order chi connectivity index (χ0) is 18.4. The molecule has 3 aromatic rings. The maximum absolute atomic E-state index is 4.92. The number of hydrogen-bond donors (Lipinski definition) is 1. The third-order valence-corrected chi connectivity index (χ3v) is 5.09. The van der Waals surface area contributed by atoms with Crippen LogP contribution in [0.3, 0.4) is 0 Å². The molecule has 8 nitrogen and oxygen atoms in total. The van der Waals surface area contributed by atoms with Crippen molar-refractivity contribution < 1.29 is 0 Å². The van der Waals surface area contributed by atoms with Crippen LogP contribution in [0, 0.1) is 0 Å². The Labute approximate surface area is 157 Å². The molecule has 27 heavy (non-hydrogen) atoms. The first-order chi connectivity index (χ1) is 13.3. The van der Waals surface area contributed by atoms with Crippen molar-refractivity contribution >= 4 is 23.0 Å². The number of rotatable bonds is 3. The van der Waals surface area contributed by atoms with Crippen molar-refractivity contribution in [1.82, 2.24) is 24.9 Å². The molecule has 1 N–H and O–H groups in total. The van der Waals surface area contributed by atoms with Crippen molar-refractivity contribution in [2.24, 2.45) is 5.10 Å². The summed E-state index contributed by atoms with van der Waals surface area (Å²) in [6, 6.07) is 10.5. The van der Waals surface area contributed by atoms with Crippen LogP contribution >= 0.6 is 0 Å². The highest BCUT2D eigenvalue weighted by Crippen LogP contribution is 2.42. The van der Waals surface area contributed by atoms with Gasteiger partial charge in [0.25, 0.3) is 0 Å². The minimum Gasteiger partial charge on any atom is -0.317 e. The van der Waals surface area contributed by atoms with Crippen molar-refractivity contribution in [2.75, 3.05) is 9.80 Å². The lowest BCUT2D eigenvalue weighted by Crippen LogP contribution is -2.58. The second kappa shape index (κ2) is 6.08. The second-order valence-electron chi connectivity index (χ2n) is 6.63. The van der Waals surface area contributed by atoms with Crippen LogP contribution in [0.2, 0.25) is 0 Å². The van der Waals surface area contributed by atoms with Gasteiger partial charge in [0, 0.05) is 18.1 Å². The molecule has 0 saturated heterocycles. The van der Waals surface area contributed by atoms with E-state index in [1.807, 2.05) is 30.0 Å². The molecule has 0 radical (unpaired) electrons. The lowest BCUT2D eigenvalue weighted by Gasteiger charge is -2.45. The molecular formula is C19H20N8. The molecule has 8 heteroatoms. The lowest BCUT2D eigenvalue weighted by atomic mass is 10.0. The number of nitrogens with zero attached hydrogens (tertiary/aromatic N) is 7. The first kappa shape index (κ1) is 15.8. The summed E-state index contributed by atoms with van der Waals surface area (Å²) >= 11 is 0.